The van der Waals surface area contributed by atoms with Gasteiger partial charge in [-0.15, -0.1) is 6.58 Å². The molecule has 0 radical (unpaired) electrons. The number of hydrogen-bond donors (Lipinski definition) is 0. The van der Waals surface area contributed by atoms with Gasteiger partial charge in [0, 0.05) is 5.33 Å². The molecule has 1 heteroatoms. The predicted molar refractivity (Wildman–Crippen MR) is 107 cm³/mol. The van der Waals surface area contributed by atoms with Crippen molar-refractivity contribution in [3.05, 3.63) is 12.7 Å². The molecule has 0 aliphatic carbocycles. The van der Waals surface area contributed by atoms with Crippen LogP contribution in [-0.2, 0) is 0 Å². The van der Waals surface area contributed by atoms with Gasteiger partial charge >= 0.3 is 0 Å². The topological polar surface area (TPSA) is 0 Å². The monoisotopic (exact) mass is 372 g/mol. The van der Waals surface area contributed by atoms with Gasteiger partial charge in [-0.05, 0) is 19.3 Å². The van der Waals surface area contributed by atoms with Crippen LogP contribution in [0.2, 0.25) is 0 Å². The van der Waals surface area contributed by atoms with Crippen LogP contribution in [0, 0.1) is 0 Å². The van der Waals surface area contributed by atoms with Crippen LogP contribution in [0.3, 0.4) is 0 Å². The zero-order valence-electron chi connectivity index (χ0n) is 15.1. The largest absolute Gasteiger partial charge is 0.103 e. The third-order valence-electron chi connectivity index (χ3n) is 4.54. The van der Waals surface area contributed by atoms with Gasteiger partial charge in [0.2, 0.25) is 0 Å². The molecule has 0 bridgehead atoms. The second kappa shape index (κ2) is 21.2. The summed E-state index contributed by atoms with van der Waals surface area (Å²) < 4.78 is 0. The van der Waals surface area contributed by atoms with Crippen LogP contribution in [0.15, 0.2) is 12.7 Å². The van der Waals surface area contributed by atoms with Gasteiger partial charge < -0.3 is 0 Å². The Balaban J connectivity index is 2.92. The van der Waals surface area contributed by atoms with Crippen LogP contribution in [0.25, 0.3) is 0 Å². The van der Waals surface area contributed by atoms with E-state index in [1.165, 1.54) is 121 Å². The lowest BCUT2D eigenvalue weighted by Gasteiger charge is -2.03. The van der Waals surface area contributed by atoms with Crippen LogP contribution >= 0.6 is 15.9 Å². The fourth-order valence-electron chi connectivity index (χ4n) is 3.03. The molecule has 0 saturated carbocycles. The number of halogens is 1. The molecule has 0 atom stereocenters. The van der Waals surface area contributed by atoms with E-state index in [1.807, 2.05) is 6.08 Å². The number of allylic oxidation sites excluding steroid dienone is 1. The third kappa shape index (κ3) is 20.2. The van der Waals surface area contributed by atoms with E-state index < -0.39 is 0 Å². The van der Waals surface area contributed by atoms with Gasteiger partial charge in [0.15, 0.2) is 0 Å². The molecule has 0 aliphatic heterocycles. The minimum atomic E-state index is 1.18. The minimum Gasteiger partial charge on any atom is -0.103 e. The number of unbranched alkanes of at least 4 members (excludes halogenated alkanes) is 17. The van der Waals surface area contributed by atoms with Crippen molar-refractivity contribution in [1.29, 1.82) is 0 Å². The van der Waals surface area contributed by atoms with E-state index in [-0.39, 0.29) is 0 Å². The molecule has 0 aromatic heterocycles. The lowest BCUT2D eigenvalue weighted by molar-refractivity contribution is 0.528. The van der Waals surface area contributed by atoms with Gasteiger partial charge in [-0.25, -0.2) is 0 Å². The summed E-state index contributed by atoms with van der Waals surface area (Å²) in [5.74, 6) is 0. The summed E-state index contributed by atoms with van der Waals surface area (Å²) in [5, 5.41) is 1.18. The van der Waals surface area contributed by atoms with Crippen molar-refractivity contribution in [3.8, 4) is 0 Å². The Labute approximate surface area is 149 Å². The number of hydrogen-bond acceptors (Lipinski definition) is 0. The van der Waals surface area contributed by atoms with Crippen molar-refractivity contribution in [2.24, 2.45) is 0 Å². The molecule has 22 heavy (non-hydrogen) atoms. The molecular weight excluding hydrogens is 332 g/mol. The van der Waals surface area contributed by atoms with Crippen LogP contribution < -0.4 is 0 Å². The minimum absolute atomic E-state index is 1.18. The molecular formula is C21H41Br. The van der Waals surface area contributed by atoms with Gasteiger partial charge in [-0.3, -0.25) is 0 Å². The van der Waals surface area contributed by atoms with Crippen LogP contribution in [0.4, 0.5) is 0 Å². The Morgan fingerprint density at radius 3 is 1.00 bits per heavy atom. The smallest absolute Gasteiger partial charge is 0.00313 e. The maximum Gasteiger partial charge on any atom is 0.00313 e. The molecule has 0 unspecified atom stereocenters. The van der Waals surface area contributed by atoms with E-state index in [4.69, 9.17) is 0 Å². The molecule has 0 nitrogen and oxygen atoms in total. The lowest BCUT2D eigenvalue weighted by atomic mass is 10.0. The summed E-state index contributed by atoms with van der Waals surface area (Å²) in [7, 11) is 0. The van der Waals surface area contributed by atoms with Crippen LogP contribution in [0.5, 0.6) is 0 Å². The molecule has 0 saturated heterocycles. The highest BCUT2D eigenvalue weighted by Crippen LogP contribution is 2.14. The van der Waals surface area contributed by atoms with Crippen molar-refractivity contribution < 1.29 is 0 Å². The van der Waals surface area contributed by atoms with Crippen molar-refractivity contribution >= 4 is 15.9 Å². The Kier molecular flexibility index (Phi) is 21.4. The van der Waals surface area contributed by atoms with E-state index in [2.05, 4.69) is 22.5 Å². The average molecular weight is 373 g/mol. The highest BCUT2D eigenvalue weighted by Gasteiger charge is 1.94. The van der Waals surface area contributed by atoms with E-state index in [9.17, 15) is 0 Å². The standard InChI is InChI=1S/C21H41Br/c1-2-3-4-5-6-7-8-9-10-11-12-13-14-15-16-17-18-19-20-21-22/h2H,1,3-21H2. The molecule has 0 aromatic rings. The summed E-state index contributed by atoms with van der Waals surface area (Å²) >= 11 is 3.50. The van der Waals surface area contributed by atoms with Gasteiger partial charge in [0.1, 0.15) is 0 Å². The first-order valence-electron chi connectivity index (χ1n) is 10.1. The first-order chi connectivity index (χ1) is 10.9. The van der Waals surface area contributed by atoms with E-state index in [0.29, 0.717) is 0 Å². The van der Waals surface area contributed by atoms with Crippen molar-refractivity contribution in [2.45, 2.75) is 116 Å². The number of alkyl halides is 1. The molecule has 0 amide bonds. The van der Waals surface area contributed by atoms with Crippen molar-refractivity contribution in [2.75, 3.05) is 5.33 Å². The van der Waals surface area contributed by atoms with E-state index in [1.54, 1.807) is 0 Å². The fourth-order valence-corrected chi connectivity index (χ4v) is 3.43. The van der Waals surface area contributed by atoms with Crippen LogP contribution in [-0.4, -0.2) is 5.33 Å². The second-order valence-electron chi connectivity index (χ2n) is 6.78. The first kappa shape index (κ1) is 22.2. The predicted octanol–water partition coefficient (Wildman–Crippen LogP) is 8.59. The molecule has 0 spiro atoms. The van der Waals surface area contributed by atoms with E-state index in [0.717, 1.165) is 0 Å². The van der Waals surface area contributed by atoms with Gasteiger partial charge in [-0.1, -0.05) is 118 Å². The van der Waals surface area contributed by atoms with Crippen molar-refractivity contribution in [1.82, 2.24) is 0 Å². The summed E-state index contributed by atoms with van der Waals surface area (Å²) in [6, 6.07) is 0. The Bertz CT molecular complexity index is 200. The van der Waals surface area contributed by atoms with Crippen molar-refractivity contribution in [3.63, 3.8) is 0 Å². The quantitative estimate of drug-likeness (QED) is 0.121. The Hall–Kier alpha value is 0.220. The normalized spacial score (nSPS) is 11.0. The maximum absolute atomic E-state index is 3.77. The van der Waals surface area contributed by atoms with Gasteiger partial charge in [0.05, 0.1) is 0 Å². The molecule has 0 aliphatic rings. The van der Waals surface area contributed by atoms with Gasteiger partial charge in [0.25, 0.3) is 0 Å². The molecule has 0 rings (SSSR count). The SMILES string of the molecule is C=CCCCCCCCCCCCCCCCCCCCBr. The summed E-state index contributed by atoms with van der Waals surface area (Å²) in [6.07, 6.45) is 27.8. The highest BCUT2D eigenvalue weighted by molar-refractivity contribution is 9.09. The lowest BCUT2D eigenvalue weighted by Crippen LogP contribution is -1.84. The maximum atomic E-state index is 3.77. The Morgan fingerprint density at radius 1 is 0.455 bits per heavy atom. The Morgan fingerprint density at radius 2 is 0.727 bits per heavy atom. The molecule has 0 fully saturated rings. The second-order valence-corrected chi connectivity index (χ2v) is 7.57. The zero-order chi connectivity index (χ0) is 16.1. The molecule has 132 valence electrons. The molecule has 0 N–H and O–H groups in total. The summed E-state index contributed by atoms with van der Waals surface area (Å²) in [4.78, 5) is 0. The van der Waals surface area contributed by atoms with Gasteiger partial charge in [-0.2, -0.15) is 0 Å². The molecule has 0 heterocycles. The zero-order valence-corrected chi connectivity index (χ0v) is 16.7. The van der Waals surface area contributed by atoms with Crippen LogP contribution in [0.1, 0.15) is 116 Å². The summed E-state index contributed by atoms with van der Waals surface area (Å²) in [6.45, 7) is 3.77. The number of rotatable bonds is 19. The highest BCUT2D eigenvalue weighted by atomic mass is 79.9. The first-order valence-corrected chi connectivity index (χ1v) is 11.2. The average Bonchev–Trinajstić information content (AvgIpc) is 2.54. The fraction of sp³-hybridized carbons (Fsp3) is 0.905. The third-order valence-corrected chi connectivity index (χ3v) is 5.10. The van der Waals surface area contributed by atoms with E-state index >= 15 is 0 Å². The molecule has 0 aromatic carbocycles. The summed E-state index contributed by atoms with van der Waals surface area (Å²) in [5.41, 5.74) is 0.